The first kappa shape index (κ1) is 72.0. The van der Waals surface area contributed by atoms with Crippen molar-refractivity contribution in [2.24, 2.45) is 0 Å². The van der Waals surface area contributed by atoms with Gasteiger partial charge < -0.3 is 0 Å². The average Bonchev–Trinajstić information content (AvgIpc) is 1.49. The Bertz CT molecular complexity index is 3480. The highest BCUT2D eigenvalue weighted by Gasteiger charge is 2.30. The van der Waals surface area contributed by atoms with E-state index in [1.165, 1.54) is 386 Å². The van der Waals surface area contributed by atoms with Crippen LogP contribution in [-0.4, -0.2) is 0 Å². The maximum atomic E-state index is 4.38. The van der Waals surface area contributed by atoms with Gasteiger partial charge in [-0.25, -0.2) is 0 Å². The summed E-state index contributed by atoms with van der Waals surface area (Å²) in [6, 6.07) is 49.5. The van der Waals surface area contributed by atoms with Gasteiger partial charge in [0, 0.05) is 8.95 Å². The number of halogens is 2. The fourth-order valence-corrected chi connectivity index (χ4v) is 17.4. The number of benzene rings is 8. The van der Waals surface area contributed by atoms with Crippen LogP contribution in [0.3, 0.4) is 0 Å². The Kier molecular flexibility index (Phi) is 29.9. The zero-order chi connectivity index (χ0) is 65.1. The van der Waals surface area contributed by atoms with Gasteiger partial charge in [0.2, 0.25) is 0 Å². The highest BCUT2D eigenvalue weighted by Crippen LogP contribution is 2.58. The van der Waals surface area contributed by atoms with E-state index in [1.54, 1.807) is 0 Å². The van der Waals surface area contributed by atoms with Crippen LogP contribution in [0.2, 0.25) is 0 Å². The van der Waals surface area contributed by atoms with Crippen LogP contribution in [0, 0.1) is 0 Å². The Hall–Kier alpha value is -4.76. The quantitative estimate of drug-likeness (QED) is 0.0263. The van der Waals surface area contributed by atoms with Crippen molar-refractivity contribution in [2.45, 2.75) is 310 Å². The molecule has 0 N–H and O–H groups in total. The first-order valence-corrected chi connectivity index (χ1v) is 41.1. The lowest BCUT2D eigenvalue weighted by molar-refractivity contribution is 0.556. The van der Waals surface area contributed by atoms with Crippen LogP contribution in [-0.2, 0) is 25.7 Å². The maximum absolute atomic E-state index is 4.38. The van der Waals surface area contributed by atoms with Gasteiger partial charge in [0.25, 0.3) is 0 Å². The van der Waals surface area contributed by atoms with E-state index < -0.39 is 0 Å². The third-order valence-corrected chi connectivity index (χ3v) is 23.1. The number of hydrogen-bond acceptors (Lipinski definition) is 0. The topological polar surface area (TPSA) is 0 Å². The SMILES string of the molecule is CCCCCCCCCCCCc1ccc(-c2c(-c3ccc(CCCCCCCCCCCC)cc3)c3cc4c(Br)cc5c(-c6ccc(CCCCCCCCCCCC)cc6)c(-c6ccc(CCCCCCCCCCCC)cc6)c6cc7c(Br)cc2c3c7c4c56)cc1. The molecule has 10 aromatic carbocycles. The second-order valence-electron chi connectivity index (χ2n) is 29.3. The smallest absolute Gasteiger partial charge is 0.0260 e. The summed E-state index contributed by atoms with van der Waals surface area (Å²) in [5.74, 6) is 0. The van der Waals surface area contributed by atoms with Gasteiger partial charge in [-0.05, 0) is 196 Å². The van der Waals surface area contributed by atoms with Gasteiger partial charge in [0.1, 0.15) is 0 Å². The van der Waals surface area contributed by atoms with Crippen molar-refractivity contribution < 1.29 is 0 Å². The zero-order valence-corrected chi connectivity index (χ0v) is 62.6. The molecule has 0 heterocycles. The molecule has 0 saturated heterocycles. The Labute approximate surface area is 588 Å². The largest absolute Gasteiger partial charge is 0.0654 e. The third-order valence-electron chi connectivity index (χ3n) is 21.8. The number of aryl methyl sites for hydroxylation is 4. The van der Waals surface area contributed by atoms with E-state index in [-0.39, 0.29) is 0 Å². The van der Waals surface area contributed by atoms with Crippen LogP contribution in [0.25, 0.3) is 98.4 Å². The minimum atomic E-state index is 1.15. The van der Waals surface area contributed by atoms with E-state index in [1.807, 2.05) is 0 Å². The standard InChI is InChI=1S/C92H120Br2/c1-5-9-13-17-21-25-29-33-37-41-45-69-49-57-73(58-50-69)85-79-65-77-84(94)68-82-88(76-63-55-72(56-64-76)48-44-40-36-32-28-24-20-16-12-8-4)86(74-59-51-70(52-60-74)46-42-38-34-30-26-22-18-14-10-6-2)80-66-78-83(93)67-81(89(79)91(78)92(77)90(80)82)87(85)75-61-53-71(54-62-75)47-43-39-35-31-27-23-19-15-11-7-3/h49-68H,5-48H2,1-4H3. The van der Waals surface area contributed by atoms with Crippen LogP contribution < -0.4 is 0 Å². The molecule has 0 atom stereocenters. The monoisotopic (exact) mass is 1380 g/mol. The predicted molar refractivity (Wildman–Crippen MR) is 427 cm³/mol. The van der Waals surface area contributed by atoms with Crippen LogP contribution >= 0.6 is 31.9 Å². The first-order chi connectivity index (χ1) is 46.4. The first-order valence-electron chi connectivity index (χ1n) is 39.5. The van der Waals surface area contributed by atoms with Gasteiger partial charge in [-0.3, -0.25) is 0 Å². The Morgan fingerprint density at radius 2 is 0.372 bits per heavy atom. The Balaban J connectivity index is 0.991. The summed E-state index contributed by atoms with van der Waals surface area (Å²) in [6.07, 6.45) is 59.4. The van der Waals surface area contributed by atoms with Gasteiger partial charge >= 0.3 is 0 Å². The molecule has 0 aliphatic rings. The van der Waals surface area contributed by atoms with Gasteiger partial charge in [-0.15, -0.1) is 0 Å². The van der Waals surface area contributed by atoms with Crippen molar-refractivity contribution in [1.29, 1.82) is 0 Å². The van der Waals surface area contributed by atoms with E-state index in [4.69, 9.17) is 0 Å². The van der Waals surface area contributed by atoms with E-state index >= 15 is 0 Å². The third kappa shape index (κ3) is 19.3. The van der Waals surface area contributed by atoms with E-state index in [0.717, 1.165) is 25.7 Å². The van der Waals surface area contributed by atoms with Crippen LogP contribution in [0.4, 0.5) is 0 Å². The second kappa shape index (κ2) is 39.0. The van der Waals surface area contributed by atoms with Gasteiger partial charge in [0.15, 0.2) is 0 Å². The Morgan fingerprint density at radius 3 is 0.574 bits per heavy atom. The zero-order valence-electron chi connectivity index (χ0n) is 59.4. The number of rotatable bonds is 48. The van der Waals surface area contributed by atoms with Crippen molar-refractivity contribution in [3.8, 4) is 44.5 Å². The van der Waals surface area contributed by atoms with Crippen LogP contribution in [0.15, 0.2) is 130 Å². The van der Waals surface area contributed by atoms with Crippen molar-refractivity contribution in [3.05, 3.63) is 153 Å². The summed E-state index contributed by atoms with van der Waals surface area (Å²) in [6.45, 7) is 9.26. The molecule has 0 amide bonds. The van der Waals surface area contributed by atoms with Gasteiger partial charge in [-0.1, -0.05) is 388 Å². The molecular formula is C92H120Br2. The molecule has 0 nitrogen and oxygen atoms in total. The number of unbranched alkanes of at least 4 members (excludes halogenated alkanes) is 36. The molecule has 0 saturated carbocycles. The highest BCUT2D eigenvalue weighted by atomic mass is 79.9. The summed E-state index contributed by atoms with van der Waals surface area (Å²) in [4.78, 5) is 0. The van der Waals surface area contributed by atoms with Gasteiger partial charge in [-0.2, -0.15) is 0 Å². The molecule has 2 heteroatoms. The maximum Gasteiger partial charge on any atom is 0.0260 e. The van der Waals surface area contributed by atoms with E-state index in [9.17, 15) is 0 Å². The lowest BCUT2D eigenvalue weighted by Crippen LogP contribution is -1.89. The summed E-state index contributed by atoms with van der Waals surface area (Å²) in [5, 5.41) is 13.6. The average molecular weight is 1390 g/mol. The molecule has 0 unspecified atom stereocenters. The van der Waals surface area contributed by atoms with Crippen LogP contribution in [0.5, 0.6) is 0 Å². The lowest BCUT2D eigenvalue weighted by atomic mass is 9.89. The molecule has 10 rings (SSSR count). The fourth-order valence-electron chi connectivity index (χ4n) is 16.3. The molecular weight excluding hydrogens is 1260 g/mol. The lowest BCUT2D eigenvalue weighted by Gasteiger charge is -2.16. The summed E-state index contributed by atoms with van der Waals surface area (Å²) < 4.78 is 2.35. The molecule has 10 aromatic rings. The normalized spacial score (nSPS) is 12.1. The van der Waals surface area contributed by atoms with E-state index in [0.29, 0.717) is 0 Å². The predicted octanol–water partition coefficient (Wildman–Crippen LogP) is 31.8. The summed E-state index contributed by atoms with van der Waals surface area (Å²) in [7, 11) is 0. The molecule has 0 radical (unpaired) electrons. The van der Waals surface area contributed by atoms with E-state index in [2.05, 4.69) is 181 Å². The van der Waals surface area contributed by atoms with Crippen molar-refractivity contribution in [1.82, 2.24) is 0 Å². The van der Waals surface area contributed by atoms with Crippen molar-refractivity contribution in [2.75, 3.05) is 0 Å². The molecule has 0 aliphatic carbocycles. The van der Waals surface area contributed by atoms with Crippen molar-refractivity contribution in [3.63, 3.8) is 0 Å². The molecule has 94 heavy (non-hydrogen) atoms. The molecule has 0 bridgehead atoms. The minimum Gasteiger partial charge on any atom is -0.0654 e. The summed E-state index contributed by atoms with van der Waals surface area (Å²) in [5.41, 5.74) is 16.6. The molecule has 0 aromatic heterocycles. The highest BCUT2D eigenvalue weighted by molar-refractivity contribution is 9.11. The molecule has 0 spiro atoms. The molecule has 502 valence electrons. The number of hydrogen-bond donors (Lipinski definition) is 0. The van der Waals surface area contributed by atoms with Gasteiger partial charge in [0.05, 0.1) is 0 Å². The van der Waals surface area contributed by atoms with Crippen molar-refractivity contribution >= 4 is 85.7 Å². The summed E-state index contributed by atoms with van der Waals surface area (Å²) >= 11 is 8.76. The molecule has 0 aliphatic heterocycles. The Morgan fingerprint density at radius 1 is 0.191 bits per heavy atom. The molecule has 0 fully saturated rings. The second-order valence-corrected chi connectivity index (χ2v) is 31.0. The minimum absolute atomic E-state index is 1.15. The fraction of sp³-hybridized carbons (Fsp3) is 0.522. The van der Waals surface area contributed by atoms with Crippen LogP contribution in [0.1, 0.15) is 307 Å².